The Morgan fingerprint density at radius 2 is 1.75 bits per heavy atom. The predicted molar refractivity (Wildman–Crippen MR) is 153 cm³/mol. The van der Waals surface area contributed by atoms with Gasteiger partial charge in [-0.25, -0.2) is 8.42 Å². The second-order valence-corrected chi connectivity index (χ2v) is 13.6. The first-order chi connectivity index (χ1) is 18.6. The van der Waals surface area contributed by atoms with Crippen LogP contribution in [-0.4, -0.2) is 39.7 Å². The smallest absolute Gasteiger partial charge is 0.238 e. The molecule has 10 nitrogen and oxygen atoms in total. The zero-order chi connectivity index (χ0) is 29.5. The molecule has 0 spiro atoms. The zero-order valence-corrected chi connectivity index (χ0v) is 24.2. The number of aromatic nitrogens is 3. The van der Waals surface area contributed by atoms with Crippen LogP contribution < -0.4 is 15.8 Å². The van der Waals surface area contributed by atoms with Gasteiger partial charge in [0, 0.05) is 17.8 Å². The fourth-order valence-corrected chi connectivity index (χ4v) is 5.36. The van der Waals surface area contributed by atoms with Crippen LogP contribution in [0.1, 0.15) is 45.7 Å². The minimum atomic E-state index is -4.07. The van der Waals surface area contributed by atoms with Gasteiger partial charge in [0.05, 0.1) is 34.3 Å². The molecule has 2 aromatic carbocycles. The van der Waals surface area contributed by atoms with Crippen LogP contribution in [0.25, 0.3) is 10.9 Å². The number of anilines is 1. The Hall–Kier alpha value is -4.25. The molecule has 0 aliphatic carbocycles. The van der Waals surface area contributed by atoms with Gasteiger partial charge in [-0.05, 0) is 83.0 Å². The normalized spacial score (nSPS) is 12.3. The maximum Gasteiger partial charge on any atom is 0.238 e. The number of nitrogens with zero attached hydrogens (tertiary/aromatic N) is 3. The minimum absolute atomic E-state index is 0.0622. The summed E-state index contributed by atoms with van der Waals surface area (Å²) in [6.45, 7) is 10.5. The summed E-state index contributed by atoms with van der Waals surface area (Å²) >= 11 is 0. The molecular weight excluding hydrogens is 530 g/mol. The van der Waals surface area contributed by atoms with Crippen molar-refractivity contribution >= 4 is 38.2 Å². The van der Waals surface area contributed by atoms with Crippen molar-refractivity contribution in [2.45, 2.75) is 63.1 Å². The molecule has 3 N–H and O–H groups in total. The molecule has 0 aliphatic heterocycles. The number of carbonyl (C=O) groups is 2. The molecule has 0 bridgehead atoms. The molecule has 2 heterocycles. The van der Waals surface area contributed by atoms with Crippen LogP contribution >= 0.6 is 0 Å². The van der Waals surface area contributed by atoms with E-state index in [2.05, 4.69) is 15.4 Å². The molecule has 210 valence electrons. The first kappa shape index (κ1) is 28.8. The number of nitrogens with two attached hydrogens (primary N) is 1. The summed E-state index contributed by atoms with van der Waals surface area (Å²) in [7, 11) is -4.07. The molecular formula is C29H33N5O5S. The van der Waals surface area contributed by atoms with Crippen LogP contribution in [0, 0.1) is 6.92 Å². The third-order valence-electron chi connectivity index (χ3n) is 6.63. The van der Waals surface area contributed by atoms with Crippen molar-refractivity contribution < 1.29 is 22.7 Å². The lowest BCUT2D eigenvalue weighted by Gasteiger charge is -2.21. The van der Waals surface area contributed by atoms with E-state index < -0.39 is 20.5 Å². The molecule has 0 saturated heterocycles. The number of rotatable bonds is 8. The topological polar surface area (TPSA) is 146 Å². The largest absolute Gasteiger partial charge is 0.456 e. The summed E-state index contributed by atoms with van der Waals surface area (Å²) in [4.78, 5) is 28.7. The molecule has 0 fully saturated rings. The van der Waals surface area contributed by atoms with Crippen LogP contribution in [0.4, 0.5) is 5.69 Å². The number of nitrogens with one attached hydrogen (secondary N) is 1. The summed E-state index contributed by atoms with van der Waals surface area (Å²) in [5, 5.41) is 7.63. The number of sulfone groups is 1. The number of benzene rings is 2. The molecule has 11 heteroatoms. The number of primary amides is 1. The first-order valence-corrected chi connectivity index (χ1v) is 14.1. The maximum absolute atomic E-state index is 13.1. The third kappa shape index (κ3) is 5.69. The second kappa shape index (κ2) is 10.4. The van der Waals surface area contributed by atoms with Gasteiger partial charge >= 0.3 is 0 Å². The van der Waals surface area contributed by atoms with Crippen molar-refractivity contribution in [2.75, 3.05) is 5.32 Å². The van der Waals surface area contributed by atoms with E-state index in [1.54, 1.807) is 47.5 Å². The van der Waals surface area contributed by atoms with Crippen LogP contribution in [0.2, 0.25) is 0 Å². The summed E-state index contributed by atoms with van der Waals surface area (Å²) in [6, 6.07) is 11.5. The Balaban J connectivity index is 1.55. The molecule has 0 atom stereocenters. The number of amides is 2. The van der Waals surface area contributed by atoms with E-state index in [9.17, 15) is 18.0 Å². The zero-order valence-electron chi connectivity index (χ0n) is 23.3. The van der Waals surface area contributed by atoms with E-state index in [1.165, 1.54) is 26.0 Å². The highest BCUT2D eigenvalue weighted by Crippen LogP contribution is 2.34. The number of hydrogen-bond donors (Lipinski definition) is 2. The minimum Gasteiger partial charge on any atom is -0.456 e. The van der Waals surface area contributed by atoms with Gasteiger partial charge in [0.25, 0.3) is 0 Å². The van der Waals surface area contributed by atoms with E-state index in [4.69, 9.17) is 10.5 Å². The summed E-state index contributed by atoms with van der Waals surface area (Å²) < 4.78 is 32.5. The summed E-state index contributed by atoms with van der Waals surface area (Å²) in [6.07, 6.45) is 5.15. The molecule has 2 aromatic heterocycles. The molecule has 4 aromatic rings. The molecule has 40 heavy (non-hydrogen) atoms. The average molecular weight is 564 g/mol. The van der Waals surface area contributed by atoms with Gasteiger partial charge in [0.15, 0.2) is 9.84 Å². The van der Waals surface area contributed by atoms with Gasteiger partial charge in [0.1, 0.15) is 16.2 Å². The van der Waals surface area contributed by atoms with Gasteiger partial charge in [-0.1, -0.05) is 12.1 Å². The summed E-state index contributed by atoms with van der Waals surface area (Å²) in [5.41, 5.74) is 7.91. The molecule has 4 rings (SSSR count). The van der Waals surface area contributed by atoms with Crippen LogP contribution in [0.5, 0.6) is 11.5 Å². The molecule has 0 unspecified atom stereocenters. The predicted octanol–water partition coefficient (Wildman–Crippen LogP) is 4.51. The highest BCUT2D eigenvalue weighted by atomic mass is 32.2. The third-order valence-corrected chi connectivity index (χ3v) is 9.05. The lowest BCUT2D eigenvalue weighted by molar-refractivity contribution is -0.119. The fraction of sp³-hybridized carbons (Fsp3) is 0.310. The van der Waals surface area contributed by atoms with Gasteiger partial charge < -0.3 is 15.8 Å². The van der Waals surface area contributed by atoms with E-state index in [1.807, 2.05) is 33.8 Å². The van der Waals surface area contributed by atoms with Gasteiger partial charge in [-0.3, -0.25) is 19.3 Å². The lowest BCUT2D eigenvalue weighted by atomic mass is 10.1. The molecule has 0 radical (unpaired) electrons. The van der Waals surface area contributed by atoms with Crippen LogP contribution in [-0.2, 0) is 31.4 Å². The Kier molecular flexibility index (Phi) is 7.46. The second-order valence-electron chi connectivity index (χ2n) is 11.1. The Morgan fingerprint density at radius 3 is 2.38 bits per heavy atom. The van der Waals surface area contributed by atoms with Crippen molar-refractivity contribution in [2.24, 2.45) is 5.73 Å². The highest BCUT2D eigenvalue weighted by molar-refractivity contribution is 7.93. The molecule has 2 amide bonds. The number of pyridine rings is 1. The quantitative estimate of drug-likeness (QED) is 0.321. The van der Waals surface area contributed by atoms with Crippen molar-refractivity contribution in [3.8, 4) is 11.5 Å². The van der Waals surface area contributed by atoms with Gasteiger partial charge in [-0.2, -0.15) is 5.10 Å². The standard InChI is InChI=1S/C29H33N5O5S/c1-18-13-19(14-26(35)33-20-16-32-34(17-20)28(2,3)4)7-10-24(18)39-25-11-12-31-23-9-8-21(15-22(23)25)40(37,38)29(5,6)27(30)36/h7-13,15-17H,14H2,1-6H3,(H2,30,36)(H,33,35). The van der Waals surface area contributed by atoms with Gasteiger partial charge in [-0.15, -0.1) is 0 Å². The molecule has 0 saturated carbocycles. The van der Waals surface area contributed by atoms with E-state index in [0.717, 1.165) is 11.1 Å². The van der Waals surface area contributed by atoms with Gasteiger partial charge in [0.2, 0.25) is 11.8 Å². The number of fused-ring (bicyclic) bond motifs is 1. The fourth-order valence-electron chi connectivity index (χ4n) is 3.98. The van der Waals surface area contributed by atoms with E-state index in [-0.39, 0.29) is 22.8 Å². The monoisotopic (exact) mass is 563 g/mol. The van der Waals surface area contributed by atoms with Crippen molar-refractivity contribution in [1.82, 2.24) is 14.8 Å². The number of hydrogen-bond acceptors (Lipinski definition) is 7. The lowest BCUT2D eigenvalue weighted by Crippen LogP contribution is -2.45. The average Bonchev–Trinajstić information content (AvgIpc) is 3.34. The number of carbonyl (C=O) groups excluding carboxylic acids is 2. The Bertz CT molecular complexity index is 1720. The van der Waals surface area contributed by atoms with Crippen molar-refractivity contribution in [1.29, 1.82) is 0 Å². The summed E-state index contributed by atoms with van der Waals surface area (Å²) in [5.74, 6) is -0.189. The first-order valence-electron chi connectivity index (χ1n) is 12.7. The maximum atomic E-state index is 13.1. The number of aryl methyl sites for hydroxylation is 1. The Labute approximate surface area is 233 Å². The van der Waals surface area contributed by atoms with E-state index >= 15 is 0 Å². The highest BCUT2D eigenvalue weighted by Gasteiger charge is 2.41. The van der Waals surface area contributed by atoms with Crippen molar-refractivity contribution in [3.05, 3.63) is 72.2 Å². The van der Waals surface area contributed by atoms with E-state index in [0.29, 0.717) is 28.1 Å². The number of ether oxygens (including phenoxy) is 1. The van der Waals surface area contributed by atoms with Crippen LogP contribution in [0.15, 0.2) is 66.0 Å². The van der Waals surface area contributed by atoms with Crippen LogP contribution in [0.3, 0.4) is 0 Å². The van der Waals surface area contributed by atoms with Crippen molar-refractivity contribution in [3.63, 3.8) is 0 Å². The molecule has 0 aliphatic rings. The Morgan fingerprint density at radius 1 is 1.02 bits per heavy atom. The SMILES string of the molecule is Cc1cc(CC(=O)Nc2cnn(C(C)(C)C)c2)ccc1Oc1ccnc2ccc(S(=O)(=O)C(C)(C)C(N)=O)cc12.